The maximum absolute atomic E-state index is 12.7. The molecule has 2 aliphatic rings. The lowest BCUT2D eigenvalue weighted by Crippen LogP contribution is -2.26. The van der Waals surface area contributed by atoms with Gasteiger partial charge < -0.3 is 5.32 Å². The Labute approximate surface area is 166 Å². The van der Waals surface area contributed by atoms with E-state index in [1.165, 1.54) is 22.7 Å². The summed E-state index contributed by atoms with van der Waals surface area (Å²) in [4.78, 5) is 12.7. The van der Waals surface area contributed by atoms with Crippen LogP contribution in [0.5, 0.6) is 0 Å². The lowest BCUT2D eigenvalue weighted by Gasteiger charge is -2.21. The van der Waals surface area contributed by atoms with Crippen LogP contribution in [0, 0.1) is 12.8 Å². The summed E-state index contributed by atoms with van der Waals surface area (Å²) in [5.41, 5.74) is 3.42. The Morgan fingerprint density at radius 1 is 1.18 bits per heavy atom. The zero-order valence-electron chi connectivity index (χ0n) is 16.1. The minimum absolute atomic E-state index is 0.0279. The highest BCUT2D eigenvalue weighted by Crippen LogP contribution is 2.44. The normalized spacial score (nSPS) is 19.4. The Balaban J connectivity index is 1.49. The van der Waals surface area contributed by atoms with Crippen molar-refractivity contribution in [2.24, 2.45) is 5.92 Å². The third-order valence-corrected chi connectivity index (χ3v) is 7.54. The maximum Gasteiger partial charge on any atom is 0.235 e. The van der Waals surface area contributed by atoms with Gasteiger partial charge in [-0.15, -0.1) is 0 Å². The molecule has 1 aliphatic carbocycles. The zero-order valence-corrected chi connectivity index (χ0v) is 16.9. The minimum Gasteiger partial charge on any atom is -0.326 e. The Morgan fingerprint density at radius 3 is 2.57 bits per heavy atom. The molecule has 2 aromatic rings. The molecule has 0 aromatic heterocycles. The number of nitrogens with zero attached hydrogens (tertiary/aromatic N) is 1. The molecule has 1 amide bonds. The molecule has 2 fully saturated rings. The van der Waals surface area contributed by atoms with Crippen LogP contribution in [0.2, 0.25) is 0 Å². The average molecular weight is 399 g/mol. The van der Waals surface area contributed by atoms with Crippen LogP contribution in [0.3, 0.4) is 0 Å². The highest BCUT2D eigenvalue weighted by atomic mass is 32.2. The van der Waals surface area contributed by atoms with Crippen LogP contribution >= 0.6 is 0 Å². The summed E-state index contributed by atoms with van der Waals surface area (Å²) in [6.45, 7) is 2.39. The molecule has 2 aromatic carbocycles. The third-order valence-electron chi connectivity index (χ3n) is 5.68. The first-order chi connectivity index (χ1) is 13.4. The van der Waals surface area contributed by atoms with Gasteiger partial charge in [0, 0.05) is 18.7 Å². The van der Waals surface area contributed by atoms with E-state index in [9.17, 15) is 13.2 Å². The summed E-state index contributed by atoms with van der Waals surface area (Å²) in [6, 6.07) is 15.7. The van der Waals surface area contributed by atoms with Crippen molar-refractivity contribution in [3.63, 3.8) is 0 Å². The van der Waals surface area contributed by atoms with E-state index >= 15 is 0 Å². The smallest absolute Gasteiger partial charge is 0.235 e. The summed E-state index contributed by atoms with van der Waals surface area (Å²) >= 11 is 0. The zero-order chi connectivity index (χ0) is 19.7. The highest BCUT2D eigenvalue weighted by molar-refractivity contribution is 7.93. The van der Waals surface area contributed by atoms with Gasteiger partial charge in [0.2, 0.25) is 15.9 Å². The molecule has 0 radical (unpaired) electrons. The van der Waals surface area contributed by atoms with Crippen molar-refractivity contribution in [3.05, 3.63) is 59.7 Å². The second-order valence-electron chi connectivity index (χ2n) is 7.85. The molecule has 148 valence electrons. The van der Waals surface area contributed by atoms with Gasteiger partial charge in [0.25, 0.3) is 0 Å². The summed E-state index contributed by atoms with van der Waals surface area (Å²) in [6.07, 6.45) is 3.43. The van der Waals surface area contributed by atoms with Crippen LogP contribution in [-0.4, -0.2) is 26.6 Å². The number of benzene rings is 2. The molecule has 0 spiro atoms. The second-order valence-corrected chi connectivity index (χ2v) is 9.86. The molecule has 6 heteroatoms. The van der Waals surface area contributed by atoms with Gasteiger partial charge in [-0.3, -0.25) is 9.10 Å². The molecule has 1 N–H and O–H groups in total. The molecule has 5 nitrogen and oxygen atoms in total. The molecule has 1 aliphatic heterocycles. The van der Waals surface area contributed by atoms with Crippen LogP contribution in [0.15, 0.2) is 48.5 Å². The van der Waals surface area contributed by atoms with Gasteiger partial charge in [0.1, 0.15) is 0 Å². The van der Waals surface area contributed by atoms with Crippen molar-refractivity contribution in [1.29, 1.82) is 0 Å². The highest BCUT2D eigenvalue weighted by Gasteiger charge is 2.34. The molecular weight excluding hydrogens is 372 g/mol. The maximum atomic E-state index is 12.7. The number of hydrogen-bond acceptors (Lipinski definition) is 3. The number of hydrogen-bond donors (Lipinski definition) is 1. The Hall–Kier alpha value is -2.34. The van der Waals surface area contributed by atoms with Gasteiger partial charge >= 0.3 is 0 Å². The van der Waals surface area contributed by atoms with Crippen LogP contribution in [0.4, 0.5) is 11.4 Å². The monoisotopic (exact) mass is 398 g/mol. The Bertz CT molecular complexity index is 969. The standard InChI is InChI=1S/C22H26N2O3S/c1-16-8-11-19(14-21(16)24-12-5-13-28(24,26)27)23-22(25)15-20(18-9-10-18)17-6-3-2-4-7-17/h2-4,6-8,11,14,18,20H,5,9-10,12-13,15H2,1H3,(H,23,25). The molecule has 1 unspecified atom stereocenters. The van der Waals surface area contributed by atoms with E-state index in [0.717, 1.165) is 5.56 Å². The number of carbonyl (C=O) groups excluding carboxylic acids is 1. The van der Waals surface area contributed by atoms with Crippen molar-refractivity contribution in [3.8, 4) is 0 Å². The molecule has 1 saturated heterocycles. The second kappa shape index (κ2) is 7.59. The van der Waals surface area contributed by atoms with Crippen LogP contribution in [-0.2, 0) is 14.8 Å². The fraction of sp³-hybridized carbons (Fsp3) is 0.409. The average Bonchev–Trinajstić information content (AvgIpc) is 3.45. The van der Waals surface area contributed by atoms with E-state index in [1.807, 2.05) is 37.3 Å². The molecular formula is C22H26N2O3S. The van der Waals surface area contributed by atoms with Gasteiger partial charge in [0.15, 0.2) is 0 Å². The topological polar surface area (TPSA) is 66.5 Å². The molecule has 28 heavy (non-hydrogen) atoms. The van der Waals surface area contributed by atoms with Gasteiger partial charge in [0.05, 0.1) is 11.4 Å². The number of amides is 1. The summed E-state index contributed by atoms with van der Waals surface area (Å²) < 4.78 is 26.0. The third kappa shape index (κ3) is 4.07. The van der Waals surface area contributed by atoms with E-state index in [2.05, 4.69) is 17.4 Å². The summed E-state index contributed by atoms with van der Waals surface area (Å²) in [7, 11) is -3.25. The number of carbonyl (C=O) groups is 1. The van der Waals surface area contributed by atoms with E-state index in [1.54, 1.807) is 6.07 Å². The fourth-order valence-corrected chi connectivity index (χ4v) is 5.65. The van der Waals surface area contributed by atoms with Gasteiger partial charge in [-0.2, -0.15) is 0 Å². The number of nitrogens with one attached hydrogen (secondary N) is 1. The first kappa shape index (κ1) is 19.0. The largest absolute Gasteiger partial charge is 0.326 e. The predicted molar refractivity (Wildman–Crippen MR) is 112 cm³/mol. The van der Waals surface area contributed by atoms with Crippen molar-refractivity contribution in [2.75, 3.05) is 21.9 Å². The number of anilines is 2. The molecule has 1 saturated carbocycles. The lowest BCUT2D eigenvalue weighted by atomic mass is 9.91. The van der Waals surface area contributed by atoms with E-state index < -0.39 is 10.0 Å². The SMILES string of the molecule is Cc1ccc(NC(=O)CC(c2ccccc2)C2CC2)cc1N1CCCS1(=O)=O. The molecule has 1 atom stereocenters. The first-order valence-corrected chi connectivity index (χ1v) is 11.5. The first-order valence-electron chi connectivity index (χ1n) is 9.90. The van der Waals surface area contributed by atoms with Gasteiger partial charge in [-0.05, 0) is 61.3 Å². The number of rotatable bonds is 6. The van der Waals surface area contributed by atoms with Gasteiger partial charge in [-0.1, -0.05) is 36.4 Å². The molecule has 1 heterocycles. The Morgan fingerprint density at radius 2 is 1.93 bits per heavy atom. The molecule has 0 bridgehead atoms. The van der Waals surface area contributed by atoms with Gasteiger partial charge in [-0.25, -0.2) is 8.42 Å². The predicted octanol–water partition coefficient (Wildman–Crippen LogP) is 4.06. The number of aryl methyl sites for hydroxylation is 1. The van der Waals surface area contributed by atoms with Crippen molar-refractivity contribution in [2.45, 2.75) is 38.5 Å². The van der Waals surface area contributed by atoms with Crippen molar-refractivity contribution in [1.82, 2.24) is 0 Å². The molecule has 4 rings (SSSR count). The summed E-state index contributed by atoms with van der Waals surface area (Å²) in [5, 5.41) is 2.98. The quantitative estimate of drug-likeness (QED) is 0.798. The van der Waals surface area contributed by atoms with Crippen LogP contribution in [0.1, 0.15) is 42.7 Å². The number of sulfonamides is 1. The fourth-order valence-electron chi connectivity index (χ4n) is 4.03. The van der Waals surface area contributed by atoms with E-state index in [0.29, 0.717) is 36.7 Å². The Kier molecular flexibility index (Phi) is 5.15. The van der Waals surface area contributed by atoms with E-state index in [-0.39, 0.29) is 17.6 Å². The lowest BCUT2D eigenvalue weighted by molar-refractivity contribution is -0.116. The van der Waals surface area contributed by atoms with Crippen molar-refractivity contribution >= 4 is 27.3 Å². The summed E-state index contributed by atoms with van der Waals surface area (Å²) in [5.74, 6) is 0.977. The van der Waals surface area contributed by atoms with E-state index in [4.69, 9.17) is 0 Å². The van der Waals surface area contributed by atoms with Crippen LogP contribution in [0.25, 0.3) is 0 Å². The van der Waals surface area contributed by atoms with Crippen molar-refractivity contribution < 1.29 is 13.2 Å². The minimum atomic E-state index is -3.25. The van der Waals surface area contributed by atoms with Crippen LogP contribution < -0.4 is 9.62 Å².